The van der Waals surface area contributed by atoms with Crippen LogP contribution in [0, 0.1) is 11.6 Å². The van der Waals surface area contributed by atoms with Gasteiger partial charge in [0.25, 0.3) is 0 Å². The van der Waals surface area contributed by atoms with Crippen molar-refractivity contribution >= 4 is 11.8 Å². The minimum Gasteiger partial charge on any atom is -0.467 e. The third-order valence-corrected chi connectivity index (χ3v) is 5.30. The smallest absolute Gasteiger partial charge is 0.247 e. The Bertz CT molecular complexity index is 1350. The van der Waals surface area contributed by atoms with Gasteiger partial charge in [0, 0.05) is 11.1 Å². The summed E-state index contributed by atoms with van der Waals surface area (Å²) in [5, 5.41) is 15.0. The molecule has 0 aliphatic heterocycles. The van der Waals surface area contributed by atoms with Crippen LogP contribution in [0.5, 0.6) is 0 Å². The summed E-state index contributed by atoms with van der Waals surface area (Å²) in [5.74, 6) is -1.16. The van der Waals surface area contributed by atoms with Crippen molar-refractivity contribution in [1.29, 1.82) is 0 Å². The summed E-state index contributed by atoms with van der Waals surface area (Å²) in [5.41, 5.74) is 0.356. The van der Waals surface area contributed by atoms with Crippen LogP contribution in [0.1, 0.15) is 38.1 Å². The van der Waals surface area contributed by atoms with Crippen LogP contribution >= 0.6 is 0 Å². The first-order chi connectivity index (χ1) is 17.6. The maximum Gasteiger partial charge on any atom is 0.247 e. The summed E-state index contributed by atoms with van der Waals surface area (Å²) in [6.45, 7) is 5.09. The largest absolute Gasteiger partial charge is 0.467 e. The Hall–Kier alpha value is -4.41. The number of halogens is 2. The van der Waals surface area contributed by atoms with E-state index in [2.05, 4.69) is 20.7 Å². The average molecular weight is 509 g/mol. The van der Waals surface area contributed by atoms with Gasteiger partial charge in [0.1, 0.15) is 30.0 Å². The number of amides is 2. The number of nitrogens with zero attached hydrogens (tertiary/aromatic N) is 5. The summed E-state index contributed by atoms with van der Waals surface area (Å²) in [4.78, 5) is 29.5. The molecule has 9 nitrogen and oxygen atoms in total. The Balaban J connectivity index is 1.66. The minimum absolute atomic E-state index is 0.0368. The Morgan fingerprint density at radius 3 is 2.27 bits per heavy atom. The molecule has 0 spiro atoms. The molecule has 1 atom stereocenters. The molecule has 37 heavy (non-hydrogen) atoms. The second-order valence-electron chi connectivity index (χ2n) is 9.44. The van der Waals surface area contributed by atoms with E-state index >= 15 is 0 Å². The van der Waals surface area contributed by atoms with Crippen LogP contribution in [0.4, 0.5) is 8.78 Å². The van der Waals surface area contributed by atoms with E-state index in [1.807, 2.05) is 20.8 Å². The van der Waals surface area contributed by atoms with Gasteiger partial charge >= 0.3 is 0 Å². The molecule has 0 bridgehead atoms. The van der Waals surface area contributed by atoms with E-state index in [1.165, 1.54) is 59.7 Å². The third kappa shape index (κ3) is 6.63. The van der Waals surface area contributed by atoms with Crippen molar-refractivity contribution in [2.45, 2.75) is 45.4 Å². The van der Waals surface area contributed by atoms with Gasteiger partial charge in [-0.2, -0.15) is 4.80 Å². The van der Waals surface area contributed by atoms with Gasteiger partial charge in [0.2, 0.25) is 17.6 Å². The average Bonchev–Trinajstić information content (AvgIpc) is 3.51. The molecule has 0 saturated heterocycles. The first-order valence-corrected chi connectivity index (χ1v) is 11.5. The van der Waals surface area contributed by atoms with Gasteiger partial charge in [-0.15, -0.1) is 10.2 Å². The van der Waals surface area contributed by atoms with Crippen LogP contribution in [-0.4, -0.2) is 42.5 Å². The maximum absolute atomic E-state index is 13.7. The Morgan fingerprint density at radius 1 is 1.03 bits per heavy atom. The molecule has 1 N–H and O–H groups in total. The lowest BCUT2D eigenvalue weighted by Gasteiger charge is -2.33. The number of furan rings is 1. The van der Waals surface area contributed by atoms with Crippen LogP contribution in [0.3, 0.4) is 0 Å². The highest BCUT2D eigenvalue weighted by atomic mass is 19.1. The van der Waals surface area contributed by atoms with Gasteiger partial charge in [-0.3, -0.25) is 9.59 Å². The summed E-state index contributed by atoms with van der Waals surface area (Å²) in [6.07, 6.45) is 1.47. The summed E-state index contributed by atoms with van der Waals surface area (Å²) >= 11 is 0. The van der Waals surface area contributed by atoms with Crippen molar-refractivity contribution in [1.82, 2.24) is 30.4 Å². The highest BCUT2D eigenvalue weighted by Crippen LogP contribution is 2.26. The van der Waals surface area contributed by atoms with Gasteiger partial charge in [-0.1, -0.05) is 12.1 Å². The van der Waals surface area contributed by atoms with Gasteiger partial charge in [0.05, 0.1) is 12.8 Å². The van der Waals surface area contributed by atoms with Crippen molar-refractivity contribution < 1.29 is 22.8 Å². The Kier molecular flexibility index (Phi) is 7.42. The number of aromatic nitrogens is 4. The fourth-order valence-corrected chi connectivity index (χ4v) is 3.69. The zero-order valence-electron chi connectivity index (χ0n) is 20.6. The fourth-order valence-electron chi connectivity index (χ4n) is 3.69. The molecule has 0 fully saturated rings. The van der Waals surface area contributed by atoms with Gasteiger partial charge < -0.3 is 14.6 Å². The van der Waals surface area contributed by atoms with Crippen LogP contribution in [-0.2, 0) is 22.7 Å². The van der Waals surface area contributed by atoms with Crippen LogP contribution in [0.2, 0.25) is 0 Å². The maximum atomic E-state index is 13.7. The van der Waals surface area contributed by atoms with E-state index in [4.69, 9.17) is 4.42 Å². The molecule has 2 heterocycles. The highest BCUT2D eigenvalue weighted by molar-refractivity contribution is 5.89. The lowest BCUT2D eigenvalue weighted by Crippen LogP contribution is -2.49. The van der Waals surface area contributed by atoms with Crippen molar-refractivity contribution in [2.75, 3.05) is 0 Å². The van der Waals surface area contributed by atoms with E-state index in [1.54, 1.807) is 12.1 Å². The Labute approximate surface area is 212 Å². The SMILES string of the molecule is CC(C)(C)NC(=O)C(c1ccc(F)cc1)N(Cc1ccco1)C(=O)Cn1nnc(-c2ccc(F)cc2)n1. The molecule has 192 valence electrons. The van der Waals surface area contributed by atoms with E-state index in [0.29, 0.717) is 16.9 Å². The van der Waals surface area contributed by atoms with Crippen molar-refractivity contribution in [3.05, 3.63) is 89.9 Å². The molecule has 0 aliphatic carbocycles. The molecule has 11 heteroatoms. The van der Waals surface area contributed by atoms with Gasteiger partial charge in [0.15, 0.2) is 0 Å². The summed E-state index contributed by atoms with van der Waals surface area (Å²) in [6, 6.07) is 13.2. The second kappa shape index (κ2) is 10.7. The quantitative estimate of drug-likeness (QED) is 0.387. The van der Waals surface area contributed by atoms with Crippen molar-refractivity contribution in [3.63, 3.8) is 0 Å². The van der Waals surface area contributed by atoms with Gasteiger partial charge in [-0.05, 0) is 80.1 Å². The van der Waals surface area contributed by atoms with Crippen molar-refractivity contribution in [2.24, 2.45) is 0 Å². The molecule has 2 aromatic carbocycles. The third-order valence-electron chi connectivity index (χ3n) is 5.30. The lowest BCUT2D eigenvalue weighted by atomic mass is 10.0. The highest BCUT2D eigenvalue weighted by Gasteiger charge is 2.34. The monoisotopic (exact) mass is 508 g/mol. The molecule has 0 saturated carbocycles. The second-order valence-corrected chi connectivity index (χ2v) is 9.44. The number of carbonyl (C=O) groups excluding carboxylic acids is 2. The zero-order valence-corrected chi connectivity index (χ0v) is 20.6. The number of hydrogen-bond donors (Lipinski definition) is 1. The first kappa shape index (κ1) is 25.7. The molecule has 1 unspecified atom stereocenters. The molecule has 0 radical (unpaired) electrons. The molecule has 2 amide bonds. The molecule has 4 rings (SSSR count). The van der Waals surface area contributed by atoms with Gasteiger partial charge in [-0.25, -0.2) is 8.78 Å². The number of rotatable bonds is 8. The summed E-state index contributed by atoms with van der Waals surface area (Å²) < 4.78 is 32.4. The van der Waals surface area contributed by atoms with Crippen LogP contribution < -0.4 is 5.32 Å². The molecular weight excluding hydrogens is 482 g/mol. The molecule has 2 aromatic heterocycles. The van der Waals surface area contributed by atoms with Crippen LogP contribution in [0.15, 0.2) is 71.3 Å². The van der Waals surface area contributed by atoms with E-state index < -0.39 is 35.0 Å². The molecular formula is C26H26F2N6O3. The number of nitrogens with one attached hydrogen (secondary N) is 1. The number of benzene rings is 2. The number of hydrogen-bond acceptors (Lipinski definition) is 6. The standard InChI is InChI=1S/C26H26F2N6O3/c1-26(2,3)29-25(36)23(17-6-10-19(27)11-7-17)33(15-21-5-4-14-37-21)22(35)16-34-31-24(30-32-34)18-8-12-20(28)13-9-18/h4-14,23H,15-16H2,1-3H3,(H,29,36). The predicted octanol–water partition coefficient (Wildman–Crippen LogP) is 3.90. The number of carbonyl (C=O) groups is 2. The lowest BCUT2D eigenvalue weighted by molar-refractivity contribution is -0.143. The number of tetrazole rings is 1. The molecule has 4 aromatic rings. The Morgan fingerprint density at radius 2 is 1.68 bits per heavy atom. The minimum atomic E-state index is -1.10. The fraction of sp³-hybridized carbons (Fsp3) is 0.269. The summed E-state index contributed by atoms with van der Waals surface area (Å²) in [7, 11) is 0. The van der Waals surface area contributed by atoms with E-state index in [0.717, 1.165) is 4.80 Å². The molecule has 0 aliphatic rings. The zero-order chi connectivity index (χ0) is 26.6. The normalized spacial score (nSPS) is 12.2. The predicted molar refractivity (Wildman–Crippen MR) is 130 cm³/mol. The van der Waals surface area contributed by atoms with E-state index in [-0.39, 0.29) is 18.9 Å². The van der Waals surface area contributed by atoms with E-state index in [9.17, 15) is 18.4 Å². The van der Waals surface area contributed by atoms with Crippen molar-refractivity contribution in [3.8, 4) is 11.4 Å². The topological polar surface area (TPSA) is 106 Å². The first-order valence-electron chi connectivity index (χ1n) is 11.5. The van der Waals surface area contributed by atoms with Crippen LogP contribution in [0.25, 0.3) is 11.4 Å².